The summed E-state index contributed by atoms with van der Waals surface area (Å²) in [4.78, 5) is 0. The Balaban J connectivity index is 1.63. The smallest absolute Gasteiger partial charge is 0.0827 e. The average molecular weight is 170 g/mol. The molecule has 2 rings (SSSR count). The molecule has 12 heavy (non-hydrogen) atoms. The van der Waals surface area contributed by atoms with Crippen LogP contribution in [0.15, 0.2) is 0 Å². The summed E-state index contributed by atoms with van der Waals surface area (Å²) in [5.41, 5.74) is 0. The summed E-state index contributed by atoms with van der Waals surface area (Å²) in [5, 5.41) is 19.1. The molecule has 2 aliphatic carbocycles. The summed E-state index contributed by atoms with van der Waals surface area (Å²) < 4.78 is 0. The standard InChI is InChI=1S/C10H18O2/c11-9(6-3-7-1-2-7)10(12)8-4-5-8/h7-12H,1-6H2. The van der Waals surface area contributed by atoms with E-state index in [1.54, 1.807) is 0 Å². The van der Waals surface area contributed by atoms with Gasteiger partial charge < -0.3 is 10.2 Å². The van der Waals surface area contributed by atoms with E-state index in [2.05, 4.69) is 0 Å². The molecular formula is C10H18O2. The van der Waals surface area contributed by atoms with E-state index in [1.807, 2.05) is 0 Å². The van der Waals surface area contributed by atoms with E-state index >= 15 is 0 Å². The third kappa shape index (κ3) is 2.20. The van der Waals surface area contributed by atoms with Crippen molar-refractivity contribution < 1.29 is 10.2 Å². The fraction of sp³-hybridized carbons (Fsp3) is 1.00. The monoisotopic (exact) mass is 170 g/mol. The highest BCUT2D eigenvalue weighted by Crippen LogP contribution is 2.37. The molecule has 0 bridgehead atoms. The maximum Gasteiger partial charge on any atom is 0.0827 e. The summed E-state index contributed by atoms with van der Waals surface area (Å²) in [5.74, 6) is 1.28. The molecule has 2 nitrogen and oxygen atoms in total. The molecule has 0 heterocycles. The molecule has 2 aliphatic rings. The Morgan fingerprint density at radius 2 is 1.75 bits per heavy atom. The van der Waals surface area contributed by atoms with Gasteiger partial charge in [-0.25, -0.2) is 0 Å². The van der Waals surface area contributed by atoms with Gasteiger partial charge in [0.25, 0.3) is 0 Å². The molecule has 2 saturated carbocycles. The lowest BCUT2D eigenvalue weighted by atomic mass is 10.0. The third-order valence-corrected chi connectivity index (χ3v) is 3.07. The second kappa shape index (κ2) is 3.35. The molecule has 2 fully saturated rings. The minimum absolute atomic E-state index is 0.416. The van der Waals surface area contributed by atoms with Gasteiger partial charge in [0.05, 0.1) is 12.2 Å². The van der Waals surface area contributed by atoms with Crippen LogP contribution in [-0.2, 0) is 0 Å². The molecule has 0 radical (unpaired) electrons. The van der Waals surface area contributed by atoms with Crippen LogP contribution in [0, 0.1) is 11.8 Å². The van der Waals surface area contributed by atoms with Crippen molar-refractivity contribution in [3.63, 3.8) is 0 Å². The first-order chi connectivity index (χ1) is 5.77. The molecule has 0 aromatic heterocycles. The Hall–Kier alpha value is -0.0800. The normalized spacial score (nSPS) is 28.5. The van der Waals surface area contributed by atoms with E-state index < -0.39 is 12.2 Å². The molecule has 2 atom stereocenters. The van der Waals surface area contributed by atoms with Crippen molar-refractivity contribution in [3.8, 4) is 0 Å². The molecule has 0 aromatic carbocycles. The topological polar surface area (TPSA) is 40.5 Å². The van der Waals surface area contributed by atoms with Gasteiger partial charge >= 0.3 is 0 Å². The van der Waals surface area contributed by atoms with Crippen LogP contribution in [0.5, 0.6) is 0 Å². The summed E-state index contributed by atoms with van der Waals surface area (Å²) in [6.45, 7) is 0. The van der Waals surface area contributed by atoms with Crippen molar-refractivity contribution in [2.24, 2.45) is 11.8 Å². The SMILES string of the molecule is OC(CCC1CC1)C(O)C1CC1. The molecule has 2 unspecified atom stereocenters. The van der Waals surface area contributed by atoms with Crippen LogP contribution in [0.3, 0.4) is 0 Å². The molecule has 0 aromatic rings. The summed E-state index contributed by atoms with van der Waals surface area (Å²) in [7, 11) is 0. The average Bonchev–Trinajstić information content (AvgIpc) is 2.85. The lowest BCUT2D eigenvalue weighted by Gasteiger charge is -2.16. The van der Waals surface area contributed by atoms with Gasteiger partial charge in [-0.15, -0.1) is 0 Å². The second-order valence-corrected chi connectivity index (χ2v) is 4.42. The van der Waals surface area contributed by atoms with E-state index in [-0.39, 0.29) is 0 Å². The van der Waals surface area contributed by atoms with Gasteiger partial charge in [0.15, 0.2) is 0 Å². The molecule has 0 spiro atoms. The van der Waals surface area contributed by atoms with Crippen LogP contribution in [0.25, 0.3) is 0 Å². The number of hydrogen-bond donors (Lipinski definition) is 2. The van der Waals surface area contributed by atoms with Crippen molar-refractivity contribution in [2.45, 2.75) is 50.7 Å². The van der Waals surface area contributed by atoms with E-state index in [0.717, 1.165) is 31.6 Å². The number of rotatable bonds is 5. The van der Waals surface area contributed by atoms with Crippen molar-refractivity contribution >= 4 is 0 Å². The molecular weight excluding hydrogens is 152 g/mol. The Morgan fingerprint density at radius 3 is 2.25 bits per heavy atom. The molecule has 0 aliphatic heterocycles. The number of aliphatic hydroxyl groups excluding tert-OH is 2. The lowest BCUT2D eigenvalue weighted by molar-refractivity contribution is -0.000108. The van der Waals surface area contributed by atoms with Crippen LogP contribution in [-0.4, -0.2) is 22.4 Å². The zero-order chi connectivity index (χ0) is 8.55. The van der Waals surface area contributed by atoms with Gasteiger partial charge in [-0.3, -0.25) is 0 Å². The highest BCUT2D eigenvalue weighted by atomic mass is 16.3. The molecule has 2 N–H and O–H groups in total. The van der Waals surface area contributed by atoms with E-state index in [1.165, 1.54) is 12.8 Å². The fourth-order valence-electron chi connectivity index (χ4n) is 1.74. The third-order valence-electron chi connectivity index (χ3n) is 3.07. The lowest BCUT2D eigenvalue weighted by Crippen LogP contribution is -2.27. The van der Waals surface area contributed by atoms with Gasteiger partial charge in [-0.05, 0) is 37.5 Å². The van der Waals surface area contributed by atoms with E-state index in [9.17, 15) is 10.2 Å². The molecule has 2 heteroatoms. The first-order valence-corrected chi connectivity index (χ1v) is 5.13. The van der Waals surface area contributed by atoms with Gasteiger partial charge in [0.1, 0.15) is 0 Å². The fourth-order valence-corrected chi connectivity index (χ4v) is 1.74. The van der Waals surface area contributed by atoms with Gasteiger partial charge in [0.2, 0.25) is 0 Å². The van der Waals surface area contributed by atoms with Crippen molar-refractivity contribution in [1.29, 1.82) is 0 Å². The zero-order valence-corrected chi connectivity index (χ0v) is 7.45. The Labute approximate surface area is 73.6 Å². The zero-order valence-electron chi connectivity index (χ0n) is 7.45. The first kappa shape index (κ1) is 8.52. The van der Waals surface area contributed by atoms with Crippen molar-refractivity contribution in [1.82, 2.24) is 0 Å². The first-order valence-electron chi connectivity index (χ1n) is 5.13. The Morgan fingerprint density at radius 1 is 1.08 bits per heavy atom. The van der Waals surface area contributed by atoms with Crippen LogP contribution in [0.4, 0.5) is 0 Å². The second-order valence-electron chi connectivity index (χ2n) is 4.42. The summed E-state index contributed by atoms with van der Waals surface area (Å²) >= 11 is 0. The predicted molar refractivity (Wildman–Crippen MR) is 46.7 cm³/mol. The minimum atomic E-state index is -0.446. The quantitative estimate of drug-likeness (QED) is 0.653. The maximum absolute atomic E-state index is 9.55. The van der Waals surface area contributed by atoms with Gasteiger partial charge in [-0.1, -0.05) is 12.8 Å². The largest absolute Gasteiger partial charge is 0.390 e. The summed E-state index contributed by atoms with van der Waals surface area (Å²) in [6.07, 6.45) is 5.96. The number of hydrogen-bond acceptors (Lipinski definition) is 2. The van der Waals surface area contributed by atoms with Crippen LogP contribution < -0.4 is 0 Å². The van der Waals surface area contributed by atoms with Crippen molar-refractivity contribution in [3.05, 3.63) is 0 Å². The predicted octanol–water partition coefficient (Wildman–Crippen LogP) is 1.31. The number of aliphatic hydroxyl groups is 2. The molecule has 0 amide bonds. The highest BCUT2D eigenvalue weighted by molar-refractivity contribution is 4.86. The van der Waals surface area contributed by atoms with E-state index in [0.29, 0.717) is 5.92 Å². The molecule has 70 valence electrons. The minimum Gasteiger partial charge on any atom is -0.390 e. The van der Waals surface area contributed by atoms with E-state index in [4.69, 9.17) is 0 Å². The van der Waals surface area contributed by atoms with Crippen LogP contribution in [0.2, 0.25) is 0 Å². The van der Waals surface area contributed by atoms with Crippen LogP contribution in [0.1, 0.15) is 38.5 Å². The maximum atomic E-state index is 9.55. The van der Waals surface area contributed by atoms with Crippen molar-refractivity contribution in [2.75, 3.05) is 0 Å². The van der Waals surface area contributed by atoms with Gasteiger partial charge in [0, 0.05) is 0 Å². The Kier molecular flexibility index (Phi) is 2.37. The molecule has 0 saturated heterocycles. The van der Waals surface area contributed by atoms with Crippen LogP contribution >= 0.6 is 0 Å². The summed E-state index contributed by atoms with van der Waals surface area (Å²) in [6, 6.07) is 0. The van der Waals surface area contributed by atoms with Gasteiger partial charge in [-0.2, -0.15) is 0 Å². The Bertz CT molecular complexity index is 150. The highest BCUT2D eigenvalue weighted by Gasteiger charge is 2.34.